The number of nitrogens with one attached hydrogen (secondary N) is 1. The molecule has 0 bridgehead atoms. The van der Waals surface area contributed by atoms with Crippen LogP contribution in [-0.4, -0.2) is 14.3 Å². The highest BCUT2D eigenvalue weighted by Gasteiger charge is 2.36. The summed E-state index contributed by atoms with van der Waals surface area (Å²) >= 11 is 0. The number of amides is 1. The van der Waals surface area contributed by atoms with Crippen LogP contribution < -0.4 is 5.32 Å². The molecule has 0 spiro atoms. The molecule has 1 aliphatic rings. The zero-order valence-corrected chi connectivity index (χ0v) is 18.1. The van der Waals surface area contributed by atoms with Crippen LogP contribution in [0.4, 0.5) is 0 Å². The second kappa shape index (κ2) is 7.47. The Hall–Kier alpha value is -2.80. The first-order valence-corrected chi connectivity index (χ1v) is 11.5. The lowest BCUT2D eigenvalue weighted by Crippen LogP contribution is -2.35. The molecular weight excluding hydrogens is 402 g/mol. The van der Waals surface area contributed by atoms with E-state index in [0.29, 0.717) is 0 Å². The number of sulfone groups is 1. The summed E-state index contributed by atoms with van der Waals surface area (Å²) in [5, 5.41) is 3.03. The maximum absolute atomic E-state index is 12.8. The van der Waals surface area contributed by atoms with Crippen LogP contribution in [0.1, 0.15) is 59.7 Å². The summed E-state index contributed by atoms with van der Waals surface area (Å²) in [6.07, 6.45) is 1.60. The Morgan fingerprint density at radius 3 is 2.60 bits per heavy atom. The van der Waals surface area contributed by atoms with Crippen molar-refractivity contribution in [1.29, 1.82) is 0 Å². The second-order valence-corrected chi connectivity index (χ2v) is 10.6. The first kappa shape index (κ1) is 20.5. The van der Waals surface area contributed by atoms with E-state index >= 15 is 0 Å². The normalized spacial score (nSPS) is 18.0. The lowest BCUT2D eigenvalue weighted by molar-refractivity contribution is 0.0887. The Morgan fingerprint density at radius 2 is 1.87 bits per heavy atom. The van der Waals surface area contributed by atoms with E-state index in [1.807, 2.05) is 13.0 Å². The van der Waals surface area contributed by atoms with Crippen molar-refractivity contribution >= 4 is 15.7 Å². The quantitative estimate of drug-likeness (QED) is 0.643. The molecule has 2 heterocycles. The number of hydrogen-bond acceptors (Lipinski definition) is 5. The van der Waals surface area contributed by atoms with Crippen molar-refractivity contribution in [2.45, 2.75) is 50.3 Å². The lowest BCUT2D eigenvalue weighted by atomic mass is 9.74. The third-order valence-electron chi connectivity index (χ3n) is 5.36. The van der Waals surface area contributed by atoms with E-state index < -0.39 is 9.84 Å². The number of benzene rings is 1. The molecular formula is C23H25NO5S. The lowest BCUT2D eigenvalue weighted by Gasteiger charge is -2.34. The molecule has 158 valence electrons. The van der Waals surface area contributed by atoms with Gasteiger partial charge in [-0.05, 0) is 49.1 Å². The van der Waals surface area contributed by atoms with E-state index in [4.69, 9.17) is 8.83 Å². The van der Waals surface area contributed by atoms with Crippen molar-refractivity contribution in [2.24, 2.45) is 5.41 Å². The standard InChI is InChI=1S/C23H25NO5S/c1-15-11-18-19(12-23(2,3)13-21(18)28-15)24-22(25)20-10-9-16(29-20)14-30(26,27)17-7-5-4-6-8-17/h4-11,19H,12-14H2,1-3H3,(H,24,25). The topological polar surface area (TPSA) is 89.5 Å². The predicted octanol–water partition coefficient (Wildman–Crippen LogP) is 4.60. The van der Waals surface area contributed by atoms with Gasteiger partial charge in [0.25, 0.3) is 5.91 Å². The molecule has 6 nitrogen and oxygen atoms in total. The van der Waals surface area contributed by atoms with Gasteiger partial charge in [0.2, 0.25) is 0 Å². The van der Waals surface area contributed by atoms with Crippen molar-refractivity contribution in [3.63, 3.8) is 0 Å². The molecule has 1 atom stereocenters. The van der Waals surface area contributed by atoms with E-state index in [0.717, 1.165) is 29.9 Å². The van der Waals surface area contributed by atoms with Gasteiger partial charge in [-0.25, -0.2) is 8.42 Å². The average Bonchev–Trinajstić information content (AvgIpc) is 3.27. The number of hydrogen-bond donors (Lipinski definition) is 1. The Morgan fingerprint density at radius 1 is 1.13 bits per heavy atom. The van der Waals surface area contributed by atoms with Crippen molar-refractivity contribution in [2.75, 3.05) is 0 Å². The molecule has 1 N–H and O–H groups in total. The molecule has 1 aromatic carbocycles. The number of carbonyl (C=O) groups excluding carboxylic acids is 1. The van der Waals surface area contributed by atoms with Crippen molar-refractivity contribution in [1.82, 2.24) is 5.32 Å². The maximum atomic E-state index is 12.8. The van der Waals surface area contributed by atoms with Crippen molar-refractivity contribution < 1.29 is 22.0 Å². The summed E-state index contributed by atoms with van der Waals surface area (Å²) in [5.74, 6) is 1.38. The molecule has 2 aromatic heterocycles. The smallest absolute Gasteiger partial charge is 0.287 e. The summed E-state index contributed by atoms with van der Waals surface area (Å²) in [5.41, 5.74) is 0.992. The van der Waals surface area contributed by atoms with Crippen LogP contribution in [0.25, 0.3) is 0 Å². The van der Waals surface area contributed by atoms with Gasteiger partial charge in [0.1, 0.15) is 23.0 Å². The number of aryl methyl sites for hydroxylation is 1. The second-order valence-electron chi connectivity index (χ2n) is 8.64. The van der Waals surface area contributed by atoms with Crippen LogP contribution in [0, 0.1) is 12.3 Å². The fraction of sp³-hybridized carbons (Fsp3) is 0.348. The average molecular weight is 428 g/mol. The largest absolute Gasteiger partial charge is 0.466 e. The van der Waals surface area contributed by atoms with Crippen LogP contribution in [0.15, 0.2) is 62.3 Å². The van der Waals surface area contributed by atoms with Crippen LogP contribution in [0.3, 0.4) is 0 Å². The first-order chi connectivity index (χ1) is 14.1. The number of furan rings is 2. The highest BCUT2D eigenvalue weighted by atomic mass is 32.2. The molecule has 0 saturated carbocycles. The van der Waals surface area contributed by atoms with Crippen molar-refractivity contribution in [3.8, 4) is 0 Å². The summed E-state index contributed by atoms with van der Waals surface area (Å²) in [6, 6.07) is 13.0. The van der Waals surface area contributed by atoms with Gasteiger partial charge in [-0.2, -0.15) is 0 Å². The van der Waals surface area contributed by atoms with Gasteiger partial charge in [0, 0.05) is 12.0 Å². The van der Waals surface area contributed by atoms with Crippen LogP contribution in [-0.2, 0) is 22.0 Å². The van der Waals surface area contributed by atoms with Gasteiger partial charge >= 0.3 is 0 Å². The Balaban J connectivity index is 1.50. The summed E-state index contributed by atoms with van der Waals surface area (Å²) in [7, 11) is -3.54. The van der Waals surface area contributed by atoms with E-state index in [-0.39, 0.29) is 39.5 Å². The van der Waals surface area contributed by atoms with Gasteiger partial charge in [0.05, 0.1) is 10.9 Å². The Bertz CT molecular complexity index is 1170. The van der Waals surface area contributed by atoms with Crippen LogP contribution in [0.2, 0.25) is 0 Å². The third kappa shape index (κ3) is 4.21. The molecule has 0 aliphatic heterocycles. The molecule has 1 amide bonds. The number of fused-ring (bicyclic) bond motifs is 1. The monoisotopic (exact) mass is 427 g/mol. The molecule has 0 saturated heterocycles. The fourth-order valence-electron chi connectivity index (χ4n) is 4.02. The number of carbonyl (C=O) groups is 1. The van der Waals surface area contributed by atoms with Crippen LogP contribution >= 0.6 is 0 Å². The summed E-state index contributed by atoms with van der Waals surface area (Å²) in [4.78, 5) is 13.0. The Labute approximate surface area is 176 Å². The van der Waals surface area contributed by atoms with E-state index in [1.165, 1.54) is 12.1 Å². The molecule has 0 fully saturated rings. The third-order valence-corrected chi connectivity index (χ3v) is 7.02. The van der Waals surface area contributed by atoms with Gasteiger partial charge in [-0.1, -0.05) is 32.0 Å². The van der Waals surface area contributed by atoms with Gasteiger partial charge in [0.15, 0.2) is 15.6 Å². The highest BCUT2D eigenvalue weighted by molar-refractivity contribution is 7.90. The van der Waals surface area contributed by atoms with Gasteiger partial charge < -0.3 is 14.2 Å². The SMILES string of the molecule is Cc1cc2c(o1)CC(C)(C)CC2NC(=O)c1ccc(CS(=O)(=O)c2ccccc2)o1. The van der Waals surface area contributed by atoms with Crippen LogP contribution in [0.5, 0.6) is 0 Å². The molecule has 0 radical (unpaired) electrons. The number of rotatable bonds is 5. The zero-order chi connectivity index (χ0) is 21.5. The molecule has 1 unspecified atom stereocenters. The van der Waals surface area contributed by atoms with Crippen molar-refractivity contribution in [3.05, 3.63) is 77.1 Å². The summed E-state index contributed by atoms with van der Waals surface area (Å²) in [6.45, 7) is 6.19. The Kier molecular flexibility index (Phi) is 5.10. The minimum Gasteiger partial charge on any atom is -0.466 e. The molecule has 3 aromatic rings. The highest BCUT2D eigenvalue weighted by Crippen LogP contribution is 2.42. The zero-order valence-electron chi connectivity index (χ0n) is 17.3. The predicted molar refractivity (Wildman–Crippen MR) is 112 cm³/mol. The van der Waals surface area contributed by atoms with Gasteiger partial charge in [-0.15, -0.1) is 0 Å². The molecule has 4 rings (SSSR count). The van der Waals surface area contributed by atoms with Gasteiger partial charge in [-0.3, -0.25) is 4.79 Å². The maximum Gasteiger partial charge on any atom is 0.287 e. The van der Waals surface area contributed by atoms with E-state index in [1.54, 1.807) is 30.3 Å². The fourth-order valence-corrected chi connectivity index (χ4v) is 5.29. The van der Waals surface area contributed by atoms with E-state index in [9.17, 15) is 13.2 Å². The summed E-state index contributed by atoms with van der Waals surface area (Å²) < 4.78 is 36.5. The minimum atomic E-state index is -3.54. The first-order valence-electron chi connectivity index (χ1n) is 9.90. The molecule has 1 aliphatic carbocycles. The molecule has 7 heteroatoms. The van der Waals surface area contributed by atoms with E-state index in [2.05, 4.69) is 19.2 Å². The minimum absolute atomic E-state index is 0.00662. The molecule has 30 heavy (non-hydrogen) atoms.